The van der Waals surface area contributed by atoms with Crippen molar-refractivity contribution in [2.45, 2.75) is 43.0 Å². The zero-order chi connectivity index (χ0) is 27.8. The SMILES string of the molecule is CCCCC(Sc1nc2ccccc2c(=O)n1-c1ccc(F)cc1)C(=O)NCCc1ccc(OC)c(OC)c1. The van der Waals surface area contributed by atoms with E-state index in [1.54, 1.807) is 44.6 Å². The fourth-order valence-corrected chi connectivity index (χ4v) is 5.42. The lowest BCUT2D eigenvalue weighted by Gasteiger charge is -2.19. The second kappa shape index (κ2) is 13.3. The van der Waals surface area contributed by atoms with E-state index in [1.165, 1.54) is 28.5 Å². The van der Waals surface area contributed by atoms with Gasteiger partial charge in [0, 0.05) is 6.54 Å². The molecule has 0 saturated carbocycles. The molecule has 7 nitrogen and oxygen atoms in total. The molecule has 3 aromatic carbocycles. The summed E-state index contributed by atoms with van der Waals surface area (Å²) in [6.07, 6.45) is 3.00. The summed E-state index contributed by atoms with van der Waals surface area (Å²) >= 11 is 1.26. The highest BCUT2D eigenvalue weighted by molar-refractivity contribution is 8.00. The number of nitrogens with one attached hydrogen (secondary N) is 1. The second-order valence-electron chi connectivity index (χ2n) is 9.01. The normalized spacial score (nSPS) is 11.8. The van der Waals surface area contributed by atoms with Gasteiger partial charge in [-0.15, -0.1) is 0 Å². The maximum atomic E-state index is 13.7. The zero-order valence-corrected chi connectivity index (χ0v) is 23.1. The summed E-state index contributed by atoms with van der Waals surface area (Å²) in [4.78, 5) is 31.6. The maximum absolute atomic E-state index is 13.7. The number of carbonyl (C=O) groups is 1. The van der Waals surface area contributed by atoms with Crippen LogP contribution in [0, 0.1) is 5.82 Å². The van der Waals surface area contributed by atoms with Crippen LogP contribution in [0.4, 0.5) is 4.39 Å². The van der Waals surface area contributed by atoms with E-state index in [9.17, 15) is 14.0 Å². The van der Waals surface area contributed by atoms with Crippen molar-refractivity contribution in [2.24, 2.45) is 0 Å². The van der Waals surface area contributed by atoms with Crippen molar-refractivity contribution < 1.29 is 18.7 Å². The van der Waals surface area contributed by atoms with Crippen LogP contribution in [0.5, 0.6) is 11.5 Å². The van der Waals surface area contributed by atoms with Gasteiger partial charge in [-0.1, -0.05) is 49.7 Å². The van der Waals surface area contributed by atoms with E-state index in [4.69, 9.17) is 14.5 Å². The average Bonchev–Trinajstić information content (AvgIpc) is 2.96. The summed E-state index contributed by atoms with van der Waals surface area (Å²) in [5, 5.41) is 3.43. The lowest BCUT2D eigenvalue weighted by Crippen LogP contribution is -2.35. The standard InChI is InChI=1S/C30H32FN3O4S/c1-4-5-10-27(28(35)32-18-17-20-11-16-25(37-2)26(19-20)38-3)39-30-33-24-9-7-6-8-23(24)29(36)34(30)22-14-12-21(31)13-15-22/h6-9,11-16,19,27H,4-5,10,17-18H2,1-3H3,(H,32,35). The van der Waals surface area contributed by atoms with Gasteiger partial charge in [0.15, 0.2) is 16.7 Å². The quantitative estimate of drug-likeness (QED) is 0.184. The molecule has 1 heterocycles. The summed E-state index contributed by atoms with van der Waals surface area (Å²) in [5.41, 5.74) is 1.78. The minimum atomic E-state index is -0.463. The smallest absolute Gasteiger partial charge is 0.266 e. The number of para-hydroxylation sites is 1. The predicted molar refractivity (Wildman–Crippen MR) is 153 cm³/mol. The molecule has 1 N–H and O–H groups in total. The number of hydrogen-bond donors (Lipinski definition) is 1. The third-order valence-electron chi connectivity index (χ3n) is 6.35. The molecule has 1 unspecified atom stereocenters. The van der Waals surface area contributed by atoms with Gasteiger partial charge in [0.1, 0.15) is 5.82 Å². The second-order valence-corrected chi connectivity index (χ2v) is 10.2. The molecule has 4 rings (SSSR count). The number of benzene rings is 3. The highest BCUT2D eigenvalue weighted by atomic mass is 32.2. The molecule has 4 aromatic rings. The highest BCUT2D eigenvalue weighted by Gasteiger charge is 2.23. The topological polar surface area (TPSA) is 82.5 Å². The third-order valence-corrected chi connectivity index (χ3v) is 7.57. The predicted octanol–water partition coefficient (Wildman–Crippen LogP) is 5.55. The molecule has 0 aliphatic heterocycles. The van der Waals surface area contributed by atoms with Crippen molar-refractivity contribution >= 4 is 28.6 Å². The van der Waals surface area contributed by atoms with Gasteiger partial charge in [-0.05, 0) is 66.9 Å². The minimum Gasteiger partial charge on any atom is -0.493 e. The molecule has 1 atom stereocenters. The number of nitrogens with zero attached hydrogens (tertiary/aromatic N) is 2. The van der Waals surface area contributed by atoms with Crippen molar-refractivity contribution in [3.63, 3.8) is 0 Å². The zero-order valence-electron chi connectivity index (χ0n) is 22.3. The molecule has 0 aliphatic rings. The Bertz CT molecular complexity index is 1490. The van der Waals surface area contributed by atoms with E-state index in [1.807, 2.05) is 24.3 Å². The molecule has 0 saturated heterocycles. The lowest BCUT2D eigenvalue weighted by atomic mass is 10.1. The first-order valence-electron chi connectivity index (χ1n) is 12.9. The Kier molecular flexibility index (Phi) is 9.59. The first kappa shape index (κ1) is 28.2. The van der Waals surface area contributed by atoms with Crippen molar-refractivity contribution in [2.75, 3.05) is 20.8 Å². The van der Waals surface area contributed by atoms with Gasteiger partial charge < -0.3 is 14.8 Å². The number of fused-ring (bicyclic) bond motifs is 1. The van der Waals surface area contributed by atoms with Crippen molar-refractivity contribution in [1.29, 1.82) is 0 Å². The summed E-state index contributed by atoms with van der Waals surface area (Å²) in [6.45, 7) is 2.51. The molecular formula is C30H32FN3O4S. The molecule has 1 amide bonds. The average molecular weight is 550 g/mol. The van der Waals surface area contributed by atoms with Crippen molar-refractivity contribution in [3.05, 3.63) is 88.5 Å². The number of unbranched alkanes of at least 4 members (excludes halogenated alkanes) is 1. The van der Waals surface area contributed by atoms with E-state index >= 15 is 0 Å². The molecule has 204 valence electrons. The first-order chi connectivity index (χ1) is 18.9. The molecule has 0 bridgehead atoms. The molecule has 0 radical (unpaired) electrons. The molecule has 0 aliphatic carbocycles. The molecule has 39 heavy (non-hydrogen) atoms. The number of rotatable bonds is 12. The van der Waals surface area contributed by atoms with Gasteiger partial charge in [-0.3, -0.25) is 14.2 Å². The van der Waals surface area contributed by atoms with Gasteiger partial charge in [-0.2, -0.15) is 0 Å². The highest BCUT2D eigenvalue weighted by Crippen LogP contribution is 2.29. The van der Waals surface area contributed by atoms with Gasteiger partial charge in [0.25, 0.3) is 5.56 Å². The Labute approximate surface area is 231 Å². The number of carbonyl (C=O) groups excluding carboxylic acids is 1. The largest absolute Gasteiger partial charge is 0.493 e. The van der Waals surface area contributed by atoms with Crippen LogP contribution in [0.25, 0.3) is 16.6 Å². The van der Waals surface area contributed by atoms with Crippen LogP contribution < -0.4 is 20.3 Å². The number of methoxy groups -OCH3 is 2. The fourth-order valence-electron chi connectivity index (χ4n) is 4.25. The van der Waals surface area contributed by atoms with Crippen LogP contribution in [0.3, 0.4) is 0 Å². The first-order valence-corrected chi connectivity index (χ1v) is 13.8. The van der Waals surface area contributed by atoms with Gasteiger partial charge in [-0.25, -0.2) is 9.37 Å². The van der Waals surface area contributed by atoms with E-state index in [0.29, 0.717) is 52.6 Å². The number of hydrogen-bond acceptors (Lipinski definition) is 6. The van der Waals surface area contributed by atoms with E-state index in [2.05, 4.69) is 12.2 Å². The molecule has 0 fully saturated rings. The van der Waals surface area contributed by atoms with Crippen molar-refractivity contribution in [1.82, 2.24) is 14.9 Å². The van der Waals surface area contributed by atoms with Gasteiger partial charge >= 0.3 is 0 Å². The Morgan fingerprint density at radius 1 is 1.05 bits per heavy atom. The maximum Gasteiger partial charge on any atom is 0.266 e. The molecule has 0 spiro atoms. The molecule has 1 aromatic heterocycles. The van der Waals surface area contributed by atoms with Crippen LogP contribution in [0.15, 0.2) is 76.7 Å². The lowest BCUT2D eigenvalue weighted by molar-refractivity contribution is -0.120. The summed E-state index contributed by atoms with van der Waals surface area (Å²) < 4.78 is 25.8. The Balaban J connectivity index is 1.58. The van der Waals surface area contributed by atoms with Crippen LogP contribution in [-0.2, 0) is 11.2 Å². The number of thioether (sulfide) groups is 1. The van der Waals surface area contributed by atoms with Crippen LogP contribution in [0.2, 0.25) is 0 Å². The fraction of sp³-hybridized carbons (Fsp3) is 0.300. The number of aromatic nitrogens is 2. The van der Waals surface area contributed by atoms with Crippen LogP contribution >= 0.6 is 11.8 Å². The number of halogens is 1. The monoisotopic (exact) mass is 549 g/mol. The van der Waals surface area contributed by atoms with E-state index in [-0.39, 0.29) is 11.5 Å². The van der Waals surface area contributed by atoms with Crippen molar-refractivity contribution in [3.8, 4) is 17.2 Å². The van der Waals surface area contributed by atoms with E-state index < -0.39 is 11.1 Å². The van der Waals surface area contributed by atoms with Gasteiger partial charge in [0.2, 0.25) is 5.91 Å². The van der Waals surface area contributed by atoms with Crippen LogP contribution in [0.1, 0.15) is 31.7 Å². The third kappa shape index (κ3) is 6.78. The number of ether oxygens (including phenoxy) is 2. The number of amides is 1. The summed E-state index contributed by atoms with van der Waals surface area (Å²) in [6, 6.07) is 18.5. The Morgan fingerprint density at radius 3 is 2.51 bits per heavy atom. The summed E-state index contributed by atoms with van der Waals surface area (Å²) in [7, 11) is 3.18. The van der Waals surface area contributed by atoms with Crippen LogP contribution in [-0.4, -0.2) is 41.5 Å². The van der Waals surface area contributed by atoms with Gasteiger partial charge in [0.05, 0.1) is 36.1 Å². The molecular weight excluding hydrogens is 517 g/mol. The minimum absolute atomic E-state index is 0.123. The Hall–Kier alpha value is -3.85. The Morgan fingerprint density at radius 2 is 1.79 bits per heavy atom. The molecule has 9 heteroatoms. The van der Waals surface area contributed by atoms with E-state index in [0.717, 1.165) is 18.4 Å². The summed E-state index contributed by atoms with van der Waals surface area (Å²) in [5.74, 6) is 0.765.